The van der Waals surface area contributed by atoms with Crippen LogP contribution in [0.15, 0.2) is 15.7 Å². The van der Waals surface area contributed by atoms with Crippen molar-refractivity contribution in [2.24, 2.45) is 0 Å². The second kappa shape index (κ2) is 7.06. The molecule has 1 aromatic rings. The summed E-state index contributed by atoms with van der Waals surface area (Å²) in [5, 5.41) is 3.96. The van der Waals surface area contributed by atoms with Crippen molar-refractivity contribution >= 4 is 33.6 Å². The van der Waals surface area contributed by atoms with Gasteiger partial charge in [-0.25, -0.2) is 9.97 Å². The van der Waals surface area contributed by atoms with E-state index in [1.165, 1.54) is 19.3 Å². The number of nitrogens with one attached hydrogen (secondary N) is 1. The van der Waals surface area contributed by atoms with E-state index in [-0.39, 0.29) is 0 Å². The van der Waals surface area contributed by atoms with Gasteiger partial charge in [0, 0.05) is 13.2 Å². The van der Waals surface area contributed by atoms with Gasteiger partial charge in [-0.3, -0.25) is 0 Å². The average Bonchev–Trinajstić information content (AvgIpc) is 2.26. The Morgan fingerprint density at radius 2 is 2.27 bits per heavy atom. The first-order chi connectivity index (χ1) is 7.27. The molecular formula is C10H16BrN3S. The normalized spacial score (nSPS) is 10.3. The van der Waals surface area contributed by atoms with E-state index in [1.807, 2.05) is 7.05 Å². The zero-order valence-corrected chi connectivity index (χ0v) is 11.5. The van der Waals surface area contributed by atoms with E-state index >= 15 is 0 Å². The Hall–Kier alpha value is -0.290. The van der Waals surface area contributed by atoms with E-state index in [9.17, 15) is 0 Å². The highest BCUT2D eigenvalue weighted by Crippen LogP contribution is 2.26. The Balaban J connectivity index is 2.51. The summed E-state index contributed by atoms with van der Waals surface area (Å²) in [4.78, 5) is 8.50. The zero-order valence-electron chi connectivity index (χ0n) is 9.09. The summed E-state index contributed by atoms with van der Waals surface area (Å²) in [7, 11) is 1.83. The third-order valence-corrected chi connectivity index (χ3v) is 3.84. The lowest BCUT2D eigenvalue weighted by molar-refractivity contribution is 0.778. The Kier molecular flexibility index (Phi) is 6.02. The molecule has 0 amide bonds. The number of thioether (sulfide) groups is 1. The quantitative estimate of drug-likeness (QED) is 0.494. The van der Waals surface area contributed by atoms with E-state index in [0.29, 0.717) is 5.95 Å². The van der Waals surface area contributed by atoms with Gasteiger partial charge in [-0.05, 0) is 28.1 Å². The Bertz CT molecular complexity index is 307. The number of nitrogens with zero attached hydrogens (tertiary/aromatic N) is 2. The molecule has 84 valence electrons. The predicted octanol–water partition coefficient (Wildman–Crippen LogP) is 3.56. The van der Waals surface area contributed by atoms with Gasteiger partial charge in [0.15, 0.2) is 0 Å². The molecule has 5 heteroatoms. The van der Waals surface area contributed by atoms with Crippen molar-refractivity contribution in [2.75, 3.05) is 18.1 Å². The number of hydrogen-bond acceptors (Lipinski definition) is 4. The summed E-state index contributed by atoms with van der Waals surface area (Å²) < 4.78 is 0.975. The minimum Gasteiger partial charge on any atom is -0.357 e. The topological polar surface area (TPSA) is 37.8 Å². The summed E-state index contributed by atoms with van der Waals surface area (Å²) in [6, 6.07) is 0. The van der Waals surface area contributed by atoms with Crippen LogP contribution < -0.4 is 5.32 Å². The van der Waals surface area contributed by atoms with E-state index in [1.54, 1.807) is 18.0 Å². The third-order valence-electron chi connectivity index (χ3n) is 1.92. The largest absolute Gasteiger partial charge is 0.357 e. The maximum Gasteiger partial charge on any atom is 0.223 e. The smallest absolute Gasteiger partial charge is 0.223 e. The maximum atomic E-state index is 4.38. The van der Waals surface area contributed by atoms with Crippen molar-refractivity contribution in [1.82, 2.24) is 9.97 Å². The highest BCUT2D eigenvalue weighted by molar-refractivity contribution is 9.10. The van der Waals surface area contributed by atoms with Crippen LogP contribution in [0.3, 0.4) is 0 Å². The molecule has 0 fully saturated rings. The molecule has 0 bridgehead atoms. The molecule has 0 aliphatic carbocycles. The number of anilines is 1. The van der Waals surface area contributed by atoms with Gasteiger partial charge in [0.25, 0.3) is 0 Å². The van der Waals surface area contributed by atoms with Crippen molar-refractivity contribution in [3.05, 3.63) is 10.7 Å². The third kappa shape index (κ3) is 4.38. The van der Waals surface area contributed by atoms with Gasteiger partial charge >= 0.3 is 0 Å². The van der Waals surface area contributed by atoms with Gasteiger partial charge in [0.1, 0.15) is 5.03 Å². The molecule has 0 spiro atoms. The fourth-order valence-electron chi connectivity index (χ4n) is 1.09. The molecular weight excluding hydrogens is 274 g/mol. The van der Waals surface area contributed by atoms with Gasteiger partial charge < -0.3 is 5.32 Å². The van der Waals surface area contributed by atoms with Gasteiger partial charge in [0.05, 0.1) is 4.47 Å². The molecule has 1 N–H and O–H groups in total. The van der Waals surface area contributed by atoms with Crippen LogP contribution in [0.1, 0.15) is 26.2 Å². The minimum atomic E-state index is 0.677. The number of unbranched alkanes of at least 4 members (excludes halogenated alkanes) is 2. The van der Waals surface area contributed by atoms with Crippen LogP contribution in [0.5, 0.6) is 0 Å². The minimum absolute atomic E-state index is 0.677. The molecule has 0 aromatic carbocycles. The highest BCUT2D eigenvalue weighted by Gasteiger charge is 2.04. The number of aromatic nitrogens is 2. The molecule has 15 heavy (non-hydrogen) atoms. The molecule has 0 aliphatic rings. The maximum absolute atomic E-state index is 4.38. The summed E-state index contributed by atoms with van der Waals surface area (Å²) >= 11 is 5.23. The molecule has 0 unspecified atom stereocenters. The lowest BCUT2D eigenvalue weighted by atomic mass is 10.3. The van der Waals surface area contributed by atoms with Crippen molar-refractivity contribution in [2.45, 2.75) is 31.2 Å². The average molecular weight is 290 g/mol. The first kappa shape index (κ1) is 12.8. The van der Waals surface area contributed by atoms with Crippen LogP contribution in [0.25, 0.3) is 0 Å². The second-order valence-corrected chi connectivity index (χ2v) is 5.09. The lowest BCUT2D eigenvalue weighted by Gasteiger charge is -2.04. The Labute approximate surface area is 104 Å². The van der Waals surface area contributed by atoms with Gasteiger partial charge in [0.2, 0.25) is 5.95 Å². The molecule has 3 nitrogen and oxygen atoms in total. The van der Waals surface area contributed by atoms with Crippen LogP contribution in [-0.4, -0.2) is 22.8 Å². The first-order valence-electron chi connectivity index (χ1n) is 5.11. The molecule has 0 saturated carbocycles. The van der Waals surface area contributed by atoms with Crippen molar-refractivity contribution in [3.63, 3.8) is 0 Å². The van der Waals surface area contributed by atoms with E-state index < -0.39 is 0 Å². The Morgan fingerprint density at radius 1 is 1.47 bits per heavy atom. The van der Waals surface area contributed by atoms with E-state index in [2.05, 4.69) is 38.1 Å². The fraction of sp³-hybridized carbons (Fsp3) is 0.600. The van der Waals surface area contributed by atoms with Crippen LogP contribution in [-0.2, 0) is 0 Å². The molecule has 0 aliphatic heterocycles. The summed E-state index contributed by atoms with van der Waals surface area (Å²) in [6.07, 6.45) is 5.58. The second-order valence-electron chi connectivity index (χ2n) is 3.15. The van der Waals surface area contributed by atoms with E-state index in [4.69, 9.17) is 0 Å². The van der Waals surface area contributed by atoms with Crippen LogP contribution >= 0.6 is 27.7 Å². The van der Waals surface area contributed by atoms with Gasteiger partial charge in [-0.15, -0.1) is 11.8 Å². The van der Waals surface area contributed by atoms with Crippen LogP contribution in [0, 0.1) is 0 Å². The van der Waals surface area contributed by atoms with E-state index in [0.717, 1.165) is 15.3 Å². The Morgan fingerprint density at radius 3 is 2.93 bits per heavy atom. The fourth-order valence-corrected chi connectivity index (χ4v) is 2.51. The van der Waals surface area contributed by atoms with Crippen molar-refractivity contribution in [3.8, 4) is 0 Å². The lowest BCUT2D eigenvalue weighted by Crippen LogP contribution is -1.97. The van der Waals surface area contributed by atoms with Crippen molar-refractivity contribution in [1.29, 1.82) is 0 Å². The SMILES string of the molecule is CCCCCSc1nc(NC)ncc1Br. The molecule has 1 aromatic heterocycles. The van der Waals surface area contributed by atoms with Crippen molar-refractivity contribution < 1.29 is 0 Å². The monoisotopic (exact) mass is 289 g/mol. The van der Waals surface area contributed by atoms with Crippen LogP contribution in [0.2, 0.25) is 0 Å². The summed E-state index contributed by atoms with van der Waals surface area (Å²) in [5.74, 6) is 1.79. The van der Waals surface area contributed by atoms with Gasteiger partial charge in [-0.2, -0.15) is 0 Å². The molecule has 0 atom stereocenters. The number of rotatable bonds is 6. The number of halogens is 1. The molecule has 1 rings (SSSR count). The molecule has 0 radical (unpaired) electrons. The molecule has 1 heterocycles. The first-order valence-corrected chi connectivity index (χ1v) is 6.89. The number of hydrogen-bond donors (Lipinski definition) is 1. The summed E-state index contributed by atoms with van der Waals surface area (Å²) in [5.41, 5.74) is 0. The summed E-state index contributed by atoms with van der Waals surface area (Å²) in [6.45, 7) is 2.21. The molecule has 0 saturated heterocycles. The van der Waals surface area contributed by atoms with Gasteiger partial charge in [-0.1, -0.05) is 19.8 Å². The van der Waals surface area contributed by atoms with Crippen LogP contribution in [0.4, 0.5) is 5.95 Å². The predicted molar refractivity (Wildman–Crippen MR) is 69.5 cm³/mol. The highest BCUT2D eigenvalue weighted by atomic mass is 79.9. The zero-order chi connectivity index (χ0) is 11.1. The standard InChI is InChI=1S/C10H16BrN3S/c1-3-4-5-6-15-9-8(11)7-13-10(12-2)14-9/h7H,3-6H2,1-2H3,(H,12,13,14).